The molecule has 5 heteroatoms. The highest BCUT2D eigenvalue weighted by molar-refractivity contribution is 9.10. The first-order valence-electron chi connectivity index (χ1n) is 7.21. The molecule has 3 nitrogen and oxygen atoms in total. The Bertz CT molecular complexity index is 756. The van der Waals surface area contributed by atoms with Gasteiger partial charge >= 0.3 is 5.97 Å². The van der Waals surface area contributed by atoms with Crippen LogP contribution in [0, 0.1) is 0 Å². The molecule has 2 aromatic carbocycles. The Morgan fingerprint density at radius 2 is 2.08 bits per heavy atom. The molecule has 124 valence electrons. The molecule has 0 amide bonds. The molecule has 0 N–H and O–H groups in total. The minimum absolute atomic E-state index is 0.187. The third-order valence-electron chi connectivity index (χ3n) is 2.99. The molecule has 0 fully saturated rings. The molecule has 0 atom stereocenters. The summed E-state index contributed by atoms with van der Waals surface area (Å²) in [7, 11) is 0. The fourth-order valence-corrected chi connectivity index (χ4v) is 2.57. The highest BCUT2D eigenvalue weighted by Crippen LogP contribution is 2.27. The summed E-state index contributed by atoms with van der Waals surface area (Å²) in [6.45, 7) is 4.09. The van der Waals surface area contributed by atoms with E-state index in [9.17, 15) is 4.79 Å². The Morgan fingerprint density at radius 1 is 1.25 bits per heavy atom. The van der Waals surface area contributed by atoms with E-state index < -0.39 is 5.97 Å². The van der Waals surface area contributed by atoms with Gasteiger partial charge in [-0.25, -0.2) is 4.79 Å². The number of hydrogen-bond acceptors (Lipinski definition) is 3. The molecular weight excluding hydrogens is 392 g/mol. The monoisotopic (exact) mass is 406 g/mol. The zero-order chi connectivity index (χ0) is 17.4. The average Bonchev–Trinajstić information content (AvgIpc) is 2.57. The fraction of sp³-hybridized carbons (Fsp3) is 0.105. The Hall–Kier alpha value is -2.04. The predicted octanol–water partition coefficient (Wildman–Crippen LogP) is 5.42. The topological polar surface area (TPSA) is 35.5 Å². The molecule has 2 aromatic rings. The Balaban J connectivity index is 1.97. The number of ether oxygens (including phenoxy) is 2. The summed E-state index contributed by atoms with van der Waals surface area (Å²) in [5.74, 6) is 0.157. The molecule has 0 aromatic heterocycles. The molecule has 0 aliphatic rings. The third kappa shape index (κ3) is 5.87. The van der Waals surface area contributed by atoms with Crippen LogP contribution in [-0.4, -0.2) is 12.6 Å². The predicted molar refractivity (Wildman–Crippen MR) is 100 cm³/mol. The van der Waals surface area contributed by atoms with Crippen molar-refractivity contribution in [2.45, 2.75) is 6.61 Å². The lowest BCUT2D eigenvalue weighted by molar-refractivity contribution is -0.136. The van der Waals surface area contributed by atoms with Crippen LogP contribution in [0.5, 0.6) is 5.75 Å². The van der Waals surface area contributed by atoms with Crippen molar-refractivity contribution in [1.82, 2.24) is 0 Å². The van der Waals surface area contributed by atoms with Gasteiger partial charge in [0.2, 0.25) is 0 Å². The summed E-state index contributed by atoms with van der Waals surface area (Å²) >= 11 is 9.65. The van der Waals surface area contributed by atoms with Gasteiger partial charge in [-0.2, -0.15) is 0 Å². The Labute approximate surface area is 154 Å². The van der Waals surface area contributed by atoms with Crippen LogP contribution < -0.4 is 4.74 Å². The van der Waals surface area contributed by atoms with E-state index in [1.807, 2.05) is 30.3 Å². The first kappa shape index (κ1) is 18.3. The smallest absolute Gasteiger partial charge is 0.331 e. The van der Waals surface area contributed by atoms with Gasteiger partial charge in [0.15, 0.2) is 0 Å². The van der Waals surface area contributed by atoms with E-state index in [2.05, 4.69) is 22.5 Å². The lowest BCUT2D eigenvalue weighted by Crippen LogP contribution is -1.99. The second-order valence-electron chi connectivity index (χ2n) is 4.86. The summed E-state index contributed by atoms with van der Waals surface area (Å²) in [5.41, 5.74) is 1.82. The van der Waals surface area contributed by atoms with Gasteiger partial charge in [-0.15, -0.1) is 0 Å². The molecule has 24 heavy (non-hydrogen) atoms. The average molecular weight is 408 g/mol. The van der Waals surface area contributed by atoms with Crippen LogP contribution in [0.4, 0.5) is 0 Å². The first-order chi connectivity index (χ1) is 11.6. The van der Waals surface area contributed by atoms with E-state index in [1.54, 1.807) is 18.2 Å². The van der Waals surface area contributed by atoms with Gasteiger partial charge in [-0.3, -0.25) is 0 Å². The van der Waals surface area contributed by atoms with Crippen LogP contribution in [0.15, 0.2) is 65.7 Å². The summed E-state index contributed by atoms with van der Waals surface area (Å²) in [5, 5.41) is 0.478. The van der Waals surface area contributed by atoms with E-state index in [4.69, 9.17) is 21.1 Å². The lowest BCUT2D eigenvalue weighted by atomic mass is 10.2. The van der Waals surface area contributed by atoms with Crippen molar-refractivity contribution in [2.24, 2.45) is 0 Å². The van der Waals surface area contributed by atoms with Crippen molar-refractivity contribution in [3.05, 3.63) is 81.8 Å². The third-order valence-corrected chi connectivity index (χ3v) is 3.78. The normalized spacial score (nSPS) is 10.6. The maximum atomic E-state index is 11.4. The molecule has 0 saturated carbocycles. The van der Waals surface area contributed by atoms with Gasteiger partial charge in [-0.1, -0.05) is 58.4 Å². The number of esters is 1. The van der Waals surface area contributed by atoms with Gasteiger partial charge in [0.25, 0.3) is 0 Å². The first-order valence-corrected chi connectivity index (χ1v) is 8.38. The molecule has 0 heterocycles. The Morgan fingerprint density at radius 3 is 2.79 bits per heavy atom. The molecule has 2 rings (SSSR count). The van der Waals surface area contributed by atoms with Gasteiger partial charge in [-0.05, 0) is 41.5 Å². The van der Waals surface area contributed by atoms with Crippen molar-refractivity contribution in [1.29, 1.82) is 0 Å². The molecule has 0 aliphatic carbocycles. The zero-order valence-electron chi connectivity index (χ0n) is 12.9. The number of carbonyl (C=O) groups is 1. The van der Waals surface area contributed by atoms with E-state index in [0.29, 0.717) is 17.4 Å². The SMILES string of the molecule is C=CCOC(=O)/C=C/c1ccc(OCc2cccc(Br)c2)c(Cl)c1. The molecular formula is C19H16BrClO3. The van der Waals surface area contributed by atoms with Crippen molar-refractivity contribution >= 4 is 39.6 Å². The van der Waals surface area contributed by atoms with Gasteiger partial charge in [0.1, 0.15) is 19.0 Å². The van der Waals surface area contributed by atoms with Crippen LogP contribution in [-0.2, 0) is 16.1 Å². The van der Waals surface area contributed by atoms with E-state index in [0.717, 1.165) is 15.6 Å². The minimum atomic E-state index is -0.430. The van der Waals surface area contributed by atoms with Crippen LogP contribution in [0.1, 0.15) is 11.1 Å². The summed E-state index contributed by atoms with van der Waals surface area (Å²) in [4.78, 5) is 11.4. The van der Waals surface area contributed by atoms with Gasteiger partial charge in [0, 0.05) is 10.5 Å². The number of hydrogen-bond donors (Lipinski definition) is 0. The quantitative estimate of drug-likeness (QED) is 0.349. The van der Waals surface area contributed by atoms with E-state index in [1.165, 1.54) is 12.2 Å². The second-order valence-corrected chi connectivity index (χ2v) is 6.18. The standard InChI is InChI=1S/C19H16BrClO3/c1-2-10-23-19(22)9-7-14-6-8-18(17(21)12-14)24-13-15-4-3-5-16(20)11-15/h2-9,11-12H,1,10,13H2/b9-7+. The van der Waals surface area contributed by atoms with Crippen LogP contribution in [0.3, 0.4) is 0 Å². The molecule has 0 unspecified atom stereocenters. The van der Waals surface area contributed by atoms with Gasteiger partial charge < -0.3 is 9.47 Å². The molecule has 0 saturated heterocycles. The van der Waals surface area contributed by atoms with Gasteiger partial charge in [0.05, 0.1) is 5.02 Å². The van der Waals surface area contributed by atoms with E-state index >= 15 is 0 Å². The fourth-order valence-electron chi connectivity index (χ4n) is 1.88. The molecule has 0 aliphatic heterocycles. The Kier molecular flexibility index (Phi) is 7.09. The van der Waals surface area contributed by atoms with Crippen LogP contribution in [0.2, 0.25) is 5.02 Å². The summed E-state index contributed by atoms with van der Waals surface area (Å²) < 4.78 is 11.6. The zero-order valence-corrected chi connectivity index (χ0v) is 15.2. The lowest BCUT2D eigenvalue weighted by Gasteiger charge is -2.09. The van der Waals surface area contributed by atoms with Crippen molar-refractivity contribution in [3.63, 3.8) is 0 Å². The maximum absolute atomic E-state index is 11.4. The molecule has 0 radical (unpaired) electrons. The number of rotatable bonds is 7. The minimum Gasteiger partial charge on any atom is -0.487 e. The highest BCUT2D eigenvalue weighted by Gasteiger charge is 2.04. The van der Waals surface area contributed by atoms with Crippen molar-refractivity contribution < 1.29 is 14.3 Å². The second kappa shape index (κ2) is 9.30. The molecule has 0 spiro atoms. The largest absolute Gasteiger partial charge is 0.487 e. The number of carbonyl (C=O) groups excluding carboxylic acids is 1. The van der Waals surface area contributed by atoms with Crippen LogP contribution >= 0.6 is 27.5 Å². The number of halogens is 2. The highest BCUT2D eigenvalue weighted by atomic mass is 79.9. The molecule has 0 bridgehead atoms. The van der Waals surface area contributed by atoms with Crippen molar-refractivity contribution in [3.8, 4) is 5.75 Å². The summed E-state index contributed by atoms with van der Waals surface area (Å²) in [6.07, 6.45) is 4.49. The van der Waals surface area contributed by atoms with E-state index in [-0.39, 0.29) is 6.61 Å². The van der Waals surface area contributed by atoms with Crippen LogP contribution in [0.25, 0.3) is 6.08 Å². The van der Waals surface area contributed by atoms with Crippen molar-refractivity contribution in [2.75, 3.05) is 6.61 Å². The number of benzene rings is 2. The summed E-state index contributed by atoms with van der Waals surface area (Å²) in [6, 6.07) is 13.2. The maximum Gasteiger partial charge on any atom is 0.331 e.